The maximum Gasteiger partial charge on any atom is 0.173 e. The number of aromatic hydroxyl groups is 1. The first-order chi connectivity index (χ1) is 11.3. The molecule has 24 heavy (non-hydrogen) atoms. The van der Waals surface area contributed by atoms with E-state index in [-0.39, 0.29) is 47.2 Å². The molecular weight excluding hydrogens is 316 g/mol. The fourth-order valence-electron chi connectivity index (χ4n) is 3.43. The van der Waals surface area contributed by atoms with E-state index in [0.717, 1.165) is 0 Å². The SMILES string of the molecule is CCOc1cc(OC)c(O)c2c1C(=O)[C@H]1CO[C@@](C)(O)C[C@H]1C2=O. The third kappa shape index (κ3) is 2.44. The number of Topliss-reactive ketones (excluding diaryl/α,β-unsaturated/α-hetero) is 2. The quantitative estimate of drug-likeness (QED) is 0.863. The Morgan fingerprint density at radius 1 is 1.25 bits per heavy atom. The number of phenols is 1. The lowest BCUT2D eigenvalue weighted by Crippen LogP contribution is -2.50. The van der Waals surface area contributed by atoms with Gasteiger partial charge in [0.2, 0.25) is 0 Å². The first-order valence-corrected chi connectivity index (χ1v) is 7.82. The van der Waals surface area contributed by atoms with Gasteiger partial charge in [0.25, 0.3) is 0 Å². The summed E-state index contributed by atoms with van der Waals surface area (Å²) in [6.07, 6.45) is -0.0116. The van der Waals surface area contributed by atoms with Crippen molar-refractivity contribution in [3.8, 4) is 17.2 Å². The van der Waals surface area contributed by atoms with Crippen LogP contribution >= 0.6 is 0 Å². The Bertz CT molecular complexity index is 707. The largest absolute Gasteiger partial charge is 0.504 e. The van der Waals surface area contributed by atoms with Crippen molar-refractivity contribution in [2.45, 2.75) is 26.1 Å². The monoisotopic (exact) mass is 336 g/mol. The van der Waals surface area contributed by atoms with Gasteiger partial charge in [0, 0.05) is 18.4 Å². The average Bonchev–Trinajstić information content (AvgIpc) is 2.53. The molecule has 130 valence electrons. The summed E-state index contributed by atoms with van der Waals surface area (Å²) < 4.78 is 15.9. The summed E-state index contributed by atoms with van der Waals surface area (Å²) in [5.74, 6) is -3.77. The molecule has 1 fully saturated rings. The number of hydrogen-bond donors (Lipinski definition) is 2. The second-order valence-corrected chi connectivity index (χ2v) is 6.24. The fraction of sp³-hybridized carbons (Fsp3) is 0.529. The lowest BCUT2D eigenvalue weighted by molar-refractivity contribution is -0.227. The van der Waals surface area contributed by atoms with Crippen LogP contribution in [0, 0.1) is 11.8 Å². The van der Waals surface area contributed by atoms with Gasteiger partial charge < -0.3 is 24.4 Å². The van der Waals surface area contributed by atoms with Gasteiger partial charge >= 0.3 is 0 Å². The van der Waals surface area contributed by atoms with Crippen molar-refractivity contribution in [3.63, 3.8) is 0 Å². The topological polar surface area (TPSA) is 102 Å². The van der Waals surface area contributed by atoms with Crippen molar-refractivity contribution in [1.82, 2.24) is 0 Å². The van der Waals surface area contributed by atoms with E-state index in [0.29, 0.717) is 6.61 Å². The molecule has 7 heteroatoms. The Morgan fingerprint density at radius 2 is 1.92 bits per heavy atom. The van der Waals surface area contributed by atoms with Crippen LogP contribution in [0.3, 0.4) is 0 Å². The number of ketones is 2. The van der Waals surface area contributed by atoms with Crippen molar-refractivity contribution in [2.24, 2.45) is 11.8 Å². The van der Waals surface area contributed by atoms with E-state index < -0.39 is 23.4 Å². The lowest BCUT2D eigenvalue weighted by atomic mass is 9.70. The van der Waals surface area contributed by atoms with Crippen LogP contribution in [0.15, 0.2) is 6.07 Å². The van der Waals surface area contributed by atoms with Gasteiger partial charge in [-0.2, -0.15) is 0 Å². The van der Waals surface area contributed by atoms with E-state index in [1.54, 1.807) is 6.92 Å². The van der Waals surface area contributed by atoms with Crippen LogP contribution in [0.2, 0.25) is 0 Å². The number of methoxy groups -OCH3 is 1. The molecule has 0 aromatic heterocycles. The summed E-state index contributed by atoms with van der Waals surface area (Å²) in [6, 6.07) is 1.41. The number of carbonyl (C=O) groups is 2. The number of carbonyl (C=O) groups excluding carboxylic acids is 2. The molecular formula is C17H20O7. The molecule has 1 saturated heterocycles. The highest BCUT2D eigenvalue weighted by Crippen LogP contribution is 2.48. The molecule has 1 heterocycles. The first-order valence-electron chi connectivity index (χ1n) is 7.82. The van der Waals surface area contributed by atoms with Crippen LogP contribution < -0.4 is 9.47 Å². The van der Waals surface area contributed by atoms with E-state index in [2.05, 4.69) is 0 Å². The minimum absolute atomic E-state index is 0.0116. The molecule has 7 nitrogen and oxygen atoms in total. The summed E-state index contributed by atoms with van der Waals surface area (Å²) in [5.41, 5.74) is -0.0340. The maximum atomic E-state index is 12.9. The Morgan fingerprint density at radius 3 is 2.54 bits per heavy atom. The predicted molar refractivity (Wildman–Crippen MR) is 82.7 cm³/mol. The summed E-state index contributed by atoms with van der Waals surface area (Å²) in [6.45, 7) is 3.44. The summed E-state index contributed by atoms with van der Waals surface area (Å²) >= 11 is 0. The molecule has 2 aliphatic rings. The van der Waals surface area contributed by atoms with E-state index >= 15 is 0 Å². The van der Waals surface area contributed by atoms with E-state index in [4.69, 9.17) is 14.2 Å². The van der Waals surface area contributed by atoms with Gasteiger partial charge in [-0.3, -0.25) is 9.59 Å². The Kier molecular flexibility index (Phi) is 4.01. The summed E-state index contributed by atoms with van der Waals surface area (Å²) in [4.78, 5) is 25.8. The number of hydrogen-bond acceptors (Lipinski definition) is 7. The predicted octanol–water partition coefficient (Wildman–Crippen LogP) is 1.54. The normalized spacial score (nSPS) is 29.0. The van der Waals surface area contributed by atoms with Crippen LogP contribution in [-0.4, -0.2) is 47.9 Å². The molecule has 1 aromatic rings. The number of rotatable bonds is 3. The van der Waals surface area contributed by atoms with Crippen molar-refractivity contribution in [3.05, 3.63) is 17.2 Å². The number of fused-ring (bicyclic) bond motifs is 2. The Hall–Kier alpha value is -2.12. The molecule has 1 aliphatic heterocycles. The second kappa shape index (κ2) is 5.75. The van der Waals surface area contributed by atoms with Gasteiger partial charge in [-0.1, -0.05) is 0 Å². The minimum Gasteiger partial charge on any atom is -0.504 e. The van der Waals surface area contributed by atoms with E-state index in [9.17, 15) is 19.8 Å². The van der Waals surface area contributed by atoms with Crippen molar-refractivity contribution in [2.75, 3.05) is 20.3 Å². The van der Waals surface area contributed by atoms with Gasteiger partial charge in [0.1, 0.15) is 5.75 Å². The van der Waals surface area contributed by atoms with Crippen LogP contribution in [0.4, 0.5) is 0 Å². The molecule has 0 saturated carbocycles. The molecule has 1 aliphatic carbocycles. The van der Waals surface area contributed by atoms with Gasteiger partial charge in [-0.05, 0) is 13.8 Å². The standard InChI is InChI=1S/C17H20O7/c1-4-23-10-5-11(22-3)16(20)13-12(10)15(19)9-7-24-17(2,21)6-8(9)14(13)18/h5,8-9,20-21H,4,6-7H2,1-3H3/t8-,9+,17-/m1/s1. The zero-order valence-corrected chi connectivity index (χ0v) is 13.8. The second-order valence-electron chi connectivity index (χ2n) is 6.24. The minimum atomic E-state index is -1.48. The summed E-state index contributed by atoms with van der Waals surface area (Å²) in [7, 11) is 1.36. The lowest BCUT2D eigenvalue weighted by Gasteiger charge is -2.41. The zero-order valence-electron chi connectivity index (χ0n) is 13.8. The molecule has 0 bridgehead atoms. The van der Waals surface area contributed by atoms with Gasteiger partial charge in [-0.25, -0.2) is 0 Å². The molecule has 3 atom stereocenters. The highest BCUT2D eigenvalue weighted by atomic mass is 16.6. The van der Waals surface area contributed by atoms with Crippen molar-refractivity contribution in [1.29, 1.82) is 0 Å². The maximum absolute atomic E-state index is 12.9. The highest BCUT2D eigenvalue weighted by Gasteiger charge is 2.50. The first kappa shape index (κ1) is 16.7. The third-order valence-electron chi connectivity index (χ3n) is 4.57. The highest BCUT2D eigenvalue weighted by molar-refractivity contribution is 6.19. The molecule has 0 amide bonds. The van der Waals surface area contributed by atoms with E-state index in [1.165, 1.54) is 20.1 Å². The molecule has 0 unspecified atom stereocenters. The van der Waals surface area contributed by atoms with Crippen LogP contribution in [0.1, 0.15) is 41.0 Å². The molecule has 0 spiro atoms. The van der Waals surface area contributed by atoms with Gasteiger partial charge in [0.05, 0.1) is 37.4 Å². The zero-order chi connectivity index (χ0) is 17.6. The Labute approximate surface area is 139 Å². The molecule has 2 N–H and O–H groups in total. The van der Waals surface area contributed by atoms with Crippen molar-refractivity contribution < 1.29 is 34.0 Å². The molecule has 3 rings (SSSR count). The third-order valence-corrected chi connectivity index (χ3v) is 4.57. The van der Waals surface area contributed by atoms with Gasteiger partial charge in [0.15, 0.2) is 28.9 Å². The average molecular weight is 336 g/mol. The Balaban J connectivity index is 2.20. The van der Waals surface area contributed by atoms with Crippen LogP contribution in [0.25, 0.3) is 0 Å². The molecule has 0 radical (unpaired) electrons. The van der Waals surface area contributed by atoms with Crippen LogP contribution in [-0.2, 0) is 4.74 Å². The van der Waals surface area contributed by atoms with Gasteiger partial charge in [-0.15, -0.1) is 0 Å². The smallest absolute Gasteiger partial charge is 0.173 e. The number of phenolic OH excluding ortho intramolecular Hbond substituents is 1. The van der Waals surface area contributed by atoms with Crippen molar-refractivity contribution >= 4 is 11.6 Å². The fourth-order valence-corrected chi connectivity index (χ4v) is 3.43. The number of ether oxygens (including phenoxy) is 3. The molecule has 1 aromatic carbocycles. The number of benzene rings is 1. The van der Waals surface area contributed by atoms with E-state index in [1.807, 2.05) is 0 Å². The number of aliphatic hydroxyl groups is 1. The summed E-state index contributed by atoms with van der Waals surface area (Å²) in [5, 5.41) is 20.5. The van der Waals surface area contributed by atoms with Crippen LogP contribution in [0.5, 0.6) is 17.2 Å².